The first kappa shape index (κ1) is 39.0. The molecule has 1 aliphatic rings. The predicted octanol–water partition coefficient (Wildman–Crippen LogP) is 4.51. The Bertz CT molecular complexity index is 1450. The van der Waals surface area contributed by atoms with Gasteiger partial charge in [0.25, 0.3) is 5.91 Å². The summed E-state index contributed by atoms with van der Waals surface area (Å²) in [6, 6.07) is 7.14. The van der Waals surface area contributed by atoms with Gasteiger partial charge in [0.2, 0.25) is 11.8 Å². The number of anilines is 2. The normalized spacial score (nSPS) is 13.5. The molecule has 1 aliphatic heterocycles. The minimum atomic E-state index is -1.28. The van der Waals surface area contributed by atoms with Crippen molar-refractivity contribution in [3.63, 3.8) is 0 Å². The summed E-state index contributed by atoms with van der Waals surface area (Å²) in [5.74, 6) is -0.615. The maximum absolute atomic E-state index is 13.2. The van der Waals surface area contributed by atoms with E-state index in [1.165, 1.54) is 6.92 Å². The van der Waals surface area contributed by atoms with Crippen molar-refractivity contribution in [1.29, 1.82) is 0 Å². The van der Waals surface area contributed by atoms with Crippen LogP contribution in [0.25, 0.3) is 0 Å². The van der Waals surface area contributed by atoms with Crippen LogP contribution >= 0.6 is 11.3 Å². The fourth-order valence-corrected chi connectivity index (χ4v) is 6.31. The van der Waals surface area contributed by atoms with Crippen molar-refractivity contribution >= 4 is 52.1 Å². The van der Waals surface area contributed by atoms with E-state index in [4.69, 9.17) is 4.74 Å². The molecule has 270 valence electrons. The monoisotopic (exact) mass is 703 g/mol. The van der Waals surface area contributed by atoms with Crippen LogP contribution in [0.2, 0.25) is 0 Å². The molecule has 0 spiro atoms. The SMILES string of the molecule is CC(=O)Nc1nc(CCc2ccc(NC(N(C(=O)O)C(C)(C)C)N(C(=O)O)C(C)(C)C)cc2)c(C(=O)NCCCC(=O)N2CCOCC2)s1. The minimum absolute atomic E-state index is 0.0301. The second kappa shape index (κ2) is 16.8. The van der Waals surface area contributed by atoms with Crippen molar-refractivity contribution in [1.82, 2.24) is 25.0 Å². The van der Waals surface area contributed by atoms with Gasteiger partial charge in [-0.2, -0.15) is 0 Å². The van der Waals surface area contributed by atoms with Crippen LogP contribution in [0.4, 0.5) is 20.4 Å². The van der Waals surface area contributed by atoms with Crippen LogP contribution < -0.4 is 16.0 Å². The van der Waals surface area contributed by atoms with Crippen molar-refractivity contribution in [2.24, 2.45) is 0 Å². The van der Waals surface area contributed by atoms with E-state index in [-0.39, 0.29) is 17.7 Å². The molecule has 0 bridgehead atoms. The highest BCUT2D eigenvalue weighted by Gasteiger charge is 2.43. The third kappa shape index (κ3) is 11.3. The molecule has 49 heavy (non-hydrogen) atoms. The van der Waals surface area contributed by atoms with Gasteiger partial charge in [0, 0.05) is 49.7 Å². The van der Waals surface area contributed by atoms with E-state index in [2.05, 4.69) is 20.9 Å². The van der Waals surface area contributed by atoms with Crippen molar-refractivity contribution in [2.45, 2.75) is 91.5 Å². The number of morpholine rings is 1. The average Bonchev–Trinajstić information content (AvgIpc) is 3.39. The zero-order valence-electron chi connectivity index (χ0n) is 29.3. The Morgan fingerprint density at radius 3 is 2.02 bits per heavy atom. The molecule has 15 nitrogen and oxygen atoms in total. The number of nitrogens with one attached hydrogen (secondary N) is 3. The number of aromatic nitrogens is 1. The van der Waals surface area contributed by atoms with Gasteiger partial charge in [-0.05, 0) is 78.5 Å². The Kier molecular flexibility index (Phi) is 13.4. The van der Waals surface area contributed by atoms with Gasteiger partial charge in [0.05, 0.1) is 18.9 Å². The van der Waals surface area contributed by atoms with Gasteiger partial charge in [-0.25, -0.2) is 14.6 Å². The molecule has 3 rings (SSSR count). The first-order valence-electron chi connectivity index (χ1n) is 16.2. The highest BCUT2D eigenvalue weighted by molar-refractivity contribution is 7.17. The van der Waals surface area contributed by atoms with Gasteiger partial charge >= 0.3 is 12.2 Å². The molecule has 1 fully saturated rings. The molecule has 0 radical (unpaired) electrons. The Labute approximate surface area is 291 Å². The standard InChI is InChI=1S/C33H49N7O8S/c1-21(41)35-28-37-24(26(49-28)27(43)34-16-8-9-25(42)38-17-19-48-20-18-38)15-12-22-10-13-23(14-11-22)36-29(39(30(44)45)32(2,3)4)40(31(46)47)33(5,6)7/h10-11,13-14,29,36H,8-9,12,15-20H2,1-7H3,(H,34,43)(H,44,45)(H,46,47)(H,35,37,41). The molecule has 1 aromatic heterocycles. The van der Waals surface area contributed by atoms with Gasteiger partial charge in [-0.15, -0.1) is 0 Å². The first-order valence-corrected chi connectivity index (χ1v) is 17.0. The molecular formula is C33H49N7O8S. The lowest BCUT2D eigenvalue weighted by Gasteiger charge is -2.48. The fourth-order valence-electron chi connectivity index (χ4n) is 5.34. The Hall–Kier alpha value is -4.44. The molecule has 5 N–H and O–H groups in total. The van der Waals surface area contributed by atoms with Crippen molar-refractivity contribution in [2.75, 3.05) is 43.5 Å². The van der Waals surface area contributed by atoms with Crippen LogP contribution in [0.1, 0.15) is 82.2 Å². The number of ether oxygens (including phenoxy) is 1. The molecular weight excluding hydrogens is 654 g/mol. The highest BCUT2D eigenvalue weighted by Crippen LogP contribution is 2.28. The summed E-state index contributed by atoms with van der Waals surface area (Å²) in [6.45, 7) is 14.0. The van der Waals surface area contributed by atoms with E-state index in [0.29, 0.717) is 79.9 Å². The van der Waals surface area contributed by atoms with Crippen molar-refractivity contribution in [3.8, 4) is 0 Å². The van der Waals surface area contributed by atoms with Gasteiger partial charge in [0.1, 0.15) is 4.88 Å². The van der Waals surface area contributed by atoms with E-state index in [0.717, 1.165) is 26.7 Å². The maximum atomic E-state index is 13.2. The van der Waals surface area contributed by atoms with Crippen molar-refractivity contribution < 1.29 is 38.9 Å². The number of benzene rings is 1. The molecule has 2 heterocycles. The number of carbonyl (C=O) groups excluding carboxylic acids is 3. The number of rotatable bonds is 13. The number of carbonyl (C=O) groups is 5. The lowest BCUT2D eigenvalue weighted by Crippen LogP contribution is -2.66. The largest absolute Gasteiger partial charge is 0.465 e. The smallest absolute Gasteiger partial charge is 0.410 e. The van der Waals surface area contributed by atoms with Crippen LogP contribution in [0, 0.1) is 0 Å². The lowest BCUT2D eigenvalue weighted by molar-refractivity contribution is -0.135. The number of nitrogens with zero attached hydrogens (tertiary/aromatic N) is 4. The summed E-state index contributed by atoms with van der Waals surface area (Å²) in [7, 11) is 0. The second-order valence-electron chi connectivity index (χ2n) is 13.7. The quantitative estimate of drug-likeness (QED) is 0.146. The number of hydrogen-bond donors (Lipinski definition) is 5. The summed E-state index contributed by atoms with van der Waals surface area (Å²) < 4.78 is 5.29. The van der Waals surface area contributed by atoms with Crippen LogP contribution in [0.3, 0.4) is 0 Å². The lowest BCUT2D eigenvalue weighted by atomic mass is 10.0. The molecule has 0 unspecified atom stereocenters. The van der Waals surface area contributed by atoms with Crippen LogP contribution in [-0.4, -0.2) is 110 Å². The third-order valence-electron chi connectivity index (χ3n) is 7.65. The van der Waals surface area contributed by atoms with Gasteiger partial charge in [-0.1, -0.05) is 23.5 Å². The van der Waals surface area contributed by atoms with Gasteiger partial charge in [0.15, 0.2) is 11.4 Å². The van der Waals surface area contributed by atoms with Crippen LogP contribution in [0.15, 0.2) is 24.3 Å². The highest BCUT2D eigenvalue weighted by atomic mass is 32.1. The van der Waals surface area contributed by atoms with Crippen molar-refractivity contribution in [3.05, 3.63) is 40.4 Å². The predicted molar refractivity (Wildman–Crippen MR) is 186 cm³/mol. The zero-order chi connectivity index (χ0) is 36.5. The van der Waals surface area contributed by atoms with E-state index in [1.54, 1.807) is 58.6 Å². The number of hydrogen-bond acceptors (Lipinski definition) is 9. The minimum Gasteiger partial charge on any atom is -0.465 e. The van der Waals surface area contributed by atoms with E-state index in [1.807, 2.05) is 12.1 Å². The summed E-state index contributed by atoms with van der Waals surface area (Å²) in [4.78, 5) is 70.8. The summed E-state index contributed by atoms with van der Waals surface area (Å²) in [6.07, 6.45) is -2.11. The fraction of sp³-hybridized carbons (Fsp3) is 0.576. The van der Waals surface area contributed by atoms with E-state index in [9.17, 15) is 34.2 Å². The Morgan fingerprint density at radius 1 is 0.939 bits per heavy atom. The molecule has 16 heteroatoms. The maximum Gasteiger partial charge on any atom is 0.410 e. The summed E-state index contributed by atoms with van der Waals surface area (Å²) >= 11 is 1.08. The first-order chi connectivity index (χ1) is 22.9. The third-order valence-corrected chi connectivity index (χ3v) is 8.66. The number of amides is 5. The zero-order valence-corrected chi connectivity index (χ0v) is 30.1. The molecule has 0 atom stereocenters. The van der Waals surface area contributed by atoms with E-state index >= 15 is 0 Å². The number of carboxylic acid groups (broad SMARTS) is 2. The summed E-state index contributed by atoms with van der Waals surface area (Å²) in [5.41, 5.74) is 0.0455. The van der Waals surface area contributed by atoms with Gasteiger partial charge < -0.3 is 35.8 Å². The molecule has 2 aromatic rings. The average molecular weight is 704 g/mol. The summed E-state index contributed by atoms with van der Waals surface area (Å²) in [5, 5.41) is 29.1. The molecule has 0 aliphatic carbocycles. The Balaban J connectivity index is 1.71. The van der Waals surface area contributed by atoms with E-state index < -0.39 is 29.6 Å². The molecule has 1 saturated heterocycles. The molecule has 1 aromatic carbocycles. The number of thiazole rings is 1. The molecule has 0 saturated carbocycles. The number of aryl methyl sites for hydroxylation is 2. The second-order valence-corrected chi connectivity index (χ2v) is 14.7. The van der Waals surface area contributed by atoms with Crippen LogP contribution in [0.5, 0.6) is 0 Å². The van der Waals surface area contributed by atoms with Gasteiger partial charge in [-0.3, -0.25) is 24.2 Å². The topological polar surface area (TPSA) is 194 Å². The Morgan fingerprint density at radius 2 is 1.51 bits per heavy atom. The molecule has 5 amide bonds. The van der Waals surface area contributed by atoms with Crippen LogP contribution in [-0.2, 0) is 27.2 Å².